The Balaban J connectivity index is 2.19. The molecule has 1 aliphatic rings. The summed E-state index contributed by atoms with van der Waals surface area (Å²) in [5.74, 6) is -1.30. The predicted octanol–water partition coefficient (Wildman–Crippen LogP) is 2.66. The minimum atomic E-state index is -0.939. The van der Waals surface area contributed by atoms with Crippen LogP contribution < -0.4 is 0 Å². The molecule has 2 rings (SSSR count). The number of aliphatic carboxylic acids is 1. The number of rotatable bonds is 6. The summed E-state index contributed by atoms with van der Waals surface area (Å²) in [6.45, 7) is 0.213. The molecule has 1 aliphatic heterocycles. The third-order valence-electron chi connectivity index (χ3n) is 3.07. The van der Waals surface area contributed by atoms with Crippen molar-refractivity contribution in [3.63, 3.8) is 0 Å². The van der Waals surface area contributed by atoms with Gasteiger partial charge in [0.1, 0.15) is 4.32 Å². The summed E-state index contributed by atoms with van der Waals surface area (Å²) in [7, 11) is 0. The summed E-state index contributed by atoms with van der Waals surface area (Å²) in [5.41, 5.74) is 0.229. The Morgan fingerprint density at radius 1 is 1.43 bits per heavy atom. The van der Waals surface area contributed by atoms with E-state index in [1.165, 1.54) is 17.0 Å². The van der Waals surface area contributed by atoms with Gasteiger partial charge in [-0.15, -0.1) is 0 Å². The van der Waals surface area contributed by atoms with Gasteiger partial charge in [-0.25, -0.2) is 0 Å². The van der Waals surface area contributed by atoms with Gasteiger partial charge in [0, 0.05) is 19.0 Å². The van der Waals surface area contributed by atoms with Gasteiger partial charge >= 0.3 is 5.97 Å². The molecule has 1 aromatic rings. The second-order valence-corrected chi connectivity index (χ2v) is 6.32. The van der Waals surface area contributed by atoms with Gasteiger partial charge in [-0.05, 0) is 18.6 Å². The summed E-state index contributed by atoms with van der Waals surface area (Å²) in [5, 5.41) is 19.6. The molecule has 1 saturated heterocycles. The van der Waals surface area contributed by atoms with Crippen LogP contribution in [0.1, 0.15) is 18.4 Å². The molecule has 0 bridgehead atoms. The number of benzene rings is 1. The van der Waals surface area contributed by atoms with Crippen LogP contribution in [-0.4, -0.2) is 37.7 Å². The average molecular weight is 352 g/mol. The number of thioether (sulfide) groups is 1. The van der Waals surface area contributed by atoms with Crippen LogP contribution in [0, 0.1) is 10.1 Å². The highest BCUT2D eigenvalue weighted by molar-refractivity contribution is 8.26. The van der Waals surface area contributed by atoms with Gasteiger partial charge in [0.05, 0.1) is 15.4 Å². The topological polar surface area (TPSA) is 101 Å². The number of hydrogen-bond donors (Lipinski definition) is 1. The molecule has 0 atom stereocenters. The number of carbonyl (C=O) groups excluding carboxylic acids is 1. The number of nitro benzene ring substituents is 1. The molecule has 7 nitrogen and oxygen atoms in total. The molecule has 0 aliphatic carbocycles. The van der Waals surface area contributed by atoms with E-state index in [1.54, 1.807) is 18.2 Å². The maximum atomic E-state index is 12.3. The maximum absolute atomic E-state index is 12.3. The largest absolute Gasteiger partial charge is 0.481 e. The quantitative estimate of drug-likeness (QED) is 0.363. The molecule has 0 spiro atoms. The number of thiocarbonyl (C=S) groups is 1. The first-order valence-corrected chi connectivity index (χ1v) is 7.83. The number of para-hydroxylation sites is 1. The summed E-state index contributed by atoms with van der Waals surface area (Å²) in [4.78, 5) is 34.9. The molecule has 1 fully saturated rings. The maximum Gasteiger partial charge on any atom is 0.303 e. The monoisotopic (exact) mass is 352 g/mol. The summed E-state index contributed by atoms with van der Waals surface area (Å²) in [6.07, 6.45) is 1.68. The fraction of sp³-hybridized carbons (Fsp3) is 0.214. The Hall–Kier alpha value is -2.26. The number of amides is 1. The molecule has 0 saturated carbocycles. The first-order valence-electron chi connectivity index (χ1n) is 6.60. The fourth-order valence-corrected chi connectivity index (χ4v) is 3.30. The van der Waals surface area contributed by atoms with Crippen LogP contribution in [0.3, 0.4) is 0 Å². The molecular formula is C14H12N2O5S2. The number of nitrogens with zero attached hydrogens (tertiary/aromatic N) is 2. The molecule has 1 heterocycles. The van der Waals surface area contributed by atoms with Crippen LogP contribution in [0.4, 0.5) is 5.69 Å². The van der Waals surface area contributed by atoms with Crippen molar-refractivity contribution in [2.24, 2.45) is 0 Å². The van der Waals surface area contributed by atoms with Crippen LogP contribution in [0.15, 0.2) is 29.2 Å². The van der Waals surface area contributed by atoms with E-state index >= 15 is 0 Å². The zero-order chi connectivity index (χ0) is 17.0. The first kappa shape index (κ1) is 17.1. The van der Waals surface area contributed by atoms with E-state index in [4.69, 9.17) is 17.3 Å². The molecule has 23 heavy (non-hydrogen) atoms. The second kappa shape index (κ2) is 7.34. The Bertz CT molecular complexity index is 717. The zero-order valence-electron chi connectivity index (χ0n) is 11.8. The Morgan fingerprint density at radius 3 is 2.78 bits per heavy atom. The summed E-state index contributed by atoms with van der Waals surface area (Å²) >= 11 is 6.17. The minimum absolute atomic E-state index is 0.0553. The van der Waals surface area contributed by atoms with Crippen molar-refractivity contribution in [3.8, 4) is 0 Å². The van der Waals surface area contributed by atoms with Crippen molar-refractivity contribution in [2.45, 2.75) is 12.8 Å². The normalized spacial score (nSPS) is 16.2. The van der Waals surface area contributed by atoms with E-state index < -0.39 is 10.9 Å². The standard InChI is InChI=1S/C14H12N2O5S2/c17-12(18)6-3-7-15-13(19)11(23-14(15)22)8-9-4-1-2-5-10(9)16(20)21/h1-2,4-5,8H,3,6-7H2,(H,17,18)/b11-8-. The molecule has 1 N–H and O–H groups in total. The van der Waals surface area contributed by atoms with Gasteiger partial charge in [-0.2, -0.15) is 0 Å². The highest BCUT2D eigenvalue weighted by Gasteiger charge is 2.32. The van der Waals surface area contributed by atoms with Crippen LogP contribution in [0.2, 0.25) is 0 Å². The molecular weight excluding hydrogens is 340 g/mol. The lowest BCUT2D eigenvalue weighted by atomic mass is 10.1. The third-order valence-corrected chi connectivity index (χ3v) is 4.44. The molecule has 0 radical (unpaired) electrons. The first-order chi connectivity index (χ1) is 10.9. The number of carboxylic acid groups (broad SMARTS) is 1. The van der Waals surface area contributed by atoms with Crippen LogP contribution in [0.5, 0.6) is 0 Å². The Kier molecular flexibility index (Phi) is 5.45. The van der Waals surface area contributed by atoms with Crippen molar-refractivity contribution >= 4 is 51.9 Å². The predicted molar refractivity (Wildman–Crippen MR) is 89.8 cm³/mol. The molecule has 1 amide bonds. The van der Waals surface area contributed by atoms with E-state index in [-0.39, 0.29) is 24.6 Å². The van der Waals surface area contributed by atoms with Crippen molar-refractivity contribution in [2.75, 3.05) is 6.54 Å². The molecule has 0 aromatic heterocycles. The van der Waals surface area contributed by atoms with Gasteiger partial charge in [0.15, 0.2) is 0 Å². The van der Waals surface area contributed by atoms with Gasteiger partial charge in [0.25, 0.3) is 11.6 Å². The SMILES string of the molecule is O=C(O)CCCN1C(=O)/C(=C/c2ccccc2[N+](=O)[O-])SC1=S. The Labute approximate surface area is 141 Å². The lowest BCUT2D eigenvalue weighted by Gasteiger charge is -2.13. The van der Waals surface area contributed by atoms with Crippen LogP contribution in [-0.2, 0) is 9.59 Å². The number of hydrogen-bond acceptors (Lipinski definition) is 6. The van der Waals surface area contributed by atoms with Crippen molar-refractivity contribution in [1.29, 1.82) is 0 Å². The number of nitro groups is 1. The molecule has 0 unspecified atom stereocenters. The van der Waals surface area contributed by atoms with Gasteiger partial charge < -0.3 is 5.11 Å². The van der Waals surface area contributed by atoms with E-state index in [0.29, 0.717) is 21.2 Å². The molecule has 1 aromatic carbocycles. The van der Waals surface area contributed by atoms with Crippen molar-refractivity contribution in [1.82, 2.24) is 4.90 Å². The lowest BCUT2D eigenvalue weighted by molar-refractivity contribution is -0.385. The van der Waals surface area contributed by atoms with Crippen molar-refractivity contribution in [3.05, 3.63) is 44.8 Å². The summed E-state index contributed by atoms with van der Waals surface area (Å²) in [6, 6.07) is 6.10. The highest BCUT2D eigenvalue weighted by atomic mass is 32.2. The zero-order valence-corrected chi connectivity index (χ0v) is 13.4. The Morgan fingerprint density at radius 2 is 2.13 bits per heavy atom. The van der Waals surface area contributed by atoms with Gasteiger partial charge in [-0.1, -0.05) is 36.1 Å². The van der Waals surface area contributed by atoms with Crippen molar-refractivity contribution < 1.29 is 19.6 Å². The third kappa shape index (κ3) is 4.14. The van der Waals surface area contributed by atoms with Gasteiger partial charge in [-0.3, -0.25) is 24.6 Å². The van der Waals surface area contributed by atoms with E-state index in [1.807, 2.05) is 0 Å². The average Bonchev–Trinajstić information content (AvgIpc) is 2.74. The van der Waals surface area contributed by atoms with Crippen LogP contribution >= 0.6 is 24.0 Å². The van der Waals surface area contributed by atoms with E-state index in [9.17, 15) is 19.7 Å². The number of carbonyl (C=O) groups is 2. The van der Waals surface area contributed by atoms with Crippen LogP contribution in [0.25, 0.3) is 6.08 Å². The fourth-order valence-electron chi connectivity index (χ4n) is 2.00. The van der Waals surface area contributed by atoms with E-state index in [2.05, 4.69) is 0 Å². The van der Waals surface area contributed by atoms with Gasteiger partial charge in [0.2, 0.25) is 0 Å². The highest BCUT2D eigenvalue weighted by Crippen LogP contribution is 2.34. The molecule has 9 heteroatoms. The number of carboxylic acids is 1. The second-order valence-electron chi connectivity index (χ2n) is 4.65. The van der Waals surface area contributed by atoms with E-state index in [0.717, 1.165) is 11.8 Å². The lowest BCUT2D eigenvalue weighted by Crippen LogP contribution is -2.29. The minimum Gasteiger partial charge on any atom is -0.481 e. The molecule has 120 valence electrons. The smallest absolute Gasteiger partial charge is 0.303 e. The summed E-state index contributed by atoms with van der Waals surface area (Å²) < 4.78 is 0.324.